The molecule has 0 aliphatic carbocycles. The monoisotopic (exact) mass is 498 g/mol. The third-order valence-corrected chi connectivity index (χ3v) is 6.97. The quantitative estimate of drug-likeness (QED) is 0.505. The molecule has 3 aromatic rings. The highest BCUT2D eigenvalue weighted by Crippen LogP contribution is 2.29. The summed E-state index contributed by atoms with van der Waals surface area (Å²) in [5, 5.41) is 17.0. The Bertz CT molecular complexity index is 1120. The maximum absolute atomic E-state index is 13.2. The number of nitrogens with one attached hydrogen (secondary N) is 1. The number of carbonyl (C=O) groups is 2. The number of aromatic nitrogens is 2. The minimum absolute atomic E-state index is 0.128. The van der Waals surface area contributed by atoms with E-state index in [-0.39, 0.29) is 24.8 Å². The molecule has 1 saturated heterocycles. The van der Waals surface area contributed by atoms with Gasteiger partial charge < -0.3 is 19.8 Å². The van der Waals surface area contributed by atoms with Crippen molar-refractivity contribution < 1.29 is 19.2 Å². The molecule has 0 spiro atoms. The Kier molecular flexibility index (Phi) is 9.17. The van der Waals surface area contributed by atoms with Crippen molar-refractivity contribution in [1.29, 1.82) is 0 Å². The van der Waals surface area contributed by atoms with Crippen molar-refractivity contribution in [3.05, 3.63) is 58.6 Å². The summed E-state index contributed by atoms with van der Waals surface area (Å²) in [5.41, 5.74) is 5.57. The summed E-state index contributed by atoms with van der Waals surface area (Å²) in [5.74, 6) is -0.549. The van der Waals surface area contributed by atoms with Gasteiger partial charge in [-0.15, -0.1) is 11.3 Å². The summed E-state index contributed by atoms with van der Waals surface area (Å²) in [4.78, 5) is 33.1. The summed E-state index contributed by atoms with van der Waals surface area (Å²) < 4.78 is 5.31. The lowest BCUT2D eigenvalue weighted by atomic mass is 10.0. The number of likely N-dealkylation sites (tertiary alicyclic amines) is 1. The van der Waals surface area contributed by atoms with Gasteiger partial charge >= 0.3 is 0 Å². The van der Waals surface area contributed by atoms with Crippen LogP contribution in [0.25, 0.3) is 10.4 Å². The third kappa shape index (κ3) is 6.15. The number of nitrogens with zero attached hydrogens (tertiary/aromatic N) is 3. The zero-order valence-corrected chi connectivity index (χ0v) is 21.8. The molecule has 3 heterocycles. The topological polar surface area (TPSA) is 109 Å². The van der Waals surface area contributed by atoms with Gasteiger partial charge in [0.15, 0.2) is 0 Å². The fourth-order valence-corrected chi connectivity index (χ4v) is 5.02. The SMILES string of the molecule is CC.CCC(C(=O)N1CC(O)CC1C(=O)NCc1ccc(-c2scnc2C)cc1)c1cc(C)no1. The van der Waals surface area contributed by atoms with Crippen LogP contribution >= 0.6 is 11.3 Å². The molecule has 1 fully saturated rings. The molecule has 0 bridgehead atoms. The number of benzene rings is 1. The van der Waals surface area contributed by atoms with E-state index in [1.165, 1.54) is 4.90 Å². The lowest BCUT2D eigenvalue weighted by Crippen LogP contribution is -2.47. The molecule has 35 heavy (non-hydrogen) atoms. The molecule has 3 atom stereocenters. The van der Waals surface area contributed by atoms with E-state index in [9.17, 15) is 14.7 Å². The molecule has 4 rings (SSSR count). The van der Waals surface area contributed by atoms with E-state index in [0.29, 0.717) is 24.4 Å². The molecule has 0 saturated carbocycles. The van der Waals surface area contributed by atoms with Crippen LogP contribution in [0, 0.1) is 13.8 Å². The van der Waals surface area contributed by atoms with Crippen LogP contribution in [0.15, 0.2) is 40.4 Å². The number of rotatable bonds is 7. The van der Waals surface area contributed by atoms with Crippen molar-refractivity contribution in [1.82, 2.24) is 20.4 Å². The first-order valence-corrected chi connectivity index (χ1v) is 12.9. The molecule has 0 radical (unpaired) electrons. The summed E-state index contributed by atoms with van der Waals surface area (Å²) in [7, 11) is 0. The highest BCUT2D eigenvalue weighted by atomic mass is 32.1. The molecule has 1 aliphatic rings. The van der Waals surface area contributed by atoms with Crippen LogP contribution in [0.2, 0.25) is 0 Å². The van der Waals surface area contributed by atoms with Crippen molar-refractivity contribution in [2.45, 2.75) is 72.1 Å². The highest BCUT2D eigenvalue weighted by molar-refractivity contribution is 7.13. The van der Waals surface area contributed by atoms with Gasteiger partial charge in [-0.3, -0.25) is 9.59 Å². The van der Waals surface area contributed by atoms with E-state index >= 15 is 0 Å². The van der Waals surface area contributed by atoms with Gasteiger partial charge in [0.25, 0.3) is 0 Å². The summed E-state index contributed by atoms with van der Waals surface area (Å²) in [6.45, 7) is 10.1. The van der Waals surface area contributed by atoms with Gasteiger partial charge in [-0.2, -0.15) is 0 Å². The van der Waals surface area contributed by atoms with Gasteiger partial charge in [-0.25, -0.2) is 4.98 Å². The Labute approximate surface area is 210 Å². The molecular weight excluding hydrogens is 464 g/mol. The second-order valence-corrected chi connectivity index (χ2v) is 9.26. The molecule has 9 heteroatoms. The van der Waals surface area contributed by atoms with Crippen molar-refractivity contribution in [2.75, 3.05) is 6.54 Å². The number of aryl methyl sites for hydroxylation is 2. The zero-order valence-electron chi connectivity index (χ0n) is 20.9. The molecule has 8 nitrogen and oxygen atoms in total. The average molecular weight is 499 g/mol. The standard InChI is InChI=1S/C24H28N4O4S.C2H6/c1-4-19(21-9-14(2)27-32-21)24(31)28-12-18(29)10-20(28)23(30)25-11-16-5-7-17(8-6-16)22-15(3)26-13-33-22;1-2/h5-9,13,18-20,29H,4,10-12H2,1-3H3,(H,25,30);1-2H3. The summed E-state index contributed by atoms with van der Waals surface area (Å²) >= 11 is 1.60. The Morgan fingerprint density at radius 1 is 1.26 bits per heavy atom. The van der Waals surface area contributed by atoms with E-state index in [1.54, 1.807) is 24.3 Å². The molecule has 1 aromatic carbocycles. The molecule has 1 aliphatic heterocycles. The van der Waals surface area contributed by atoms with Crippen LogP contribution in [-0.4, -0.2) is 50.7 Å². The number of hydrogen-bond donors (Lipinski definition) is 2. The van der Waals surface area contributed by atoms with Crippen LogP contribution in [0.4, 0.5) is 0 Å². The number of hydrogen-bond acceptors (Lipinski definition) is 7. The Balaban J connectivity index is 0.00000167. The van der Waals surface area contributed by atoms with E-state index in [4.69, 9.17) is 4.52 Å². The minimum Gasteiger partial charge on any atom is -0.391 e. The number of aliphatic hydroxyl groups excluding tert-OH is 1. The normalized spacial score (nSPS) is 18.1. The van der Waals surface area contributed by atoms with Gasteiger partial charge in [-0.1, -0.05) is 50.2 Å². The Morgan fingerprint density at radius 3 is 2.54 bits per heavy atom. The first-order valence-electron chi connectivity index (χ1n) is 12.1. The van der Waals surface area contributed by atoms with Crippen LogP contribution < -0.4 is 5.32 Å². The van der Waals surface area contributed by atoms with Crippen molar-refractivity contribution in [2.24, 2.45) is 0 Å². The predicted molar refractivity (Wildman–Crippen MR) is 136 cm³/mol. The van der Waals surface area contributed by atoms with E-state index < -0.39 is 18.1 Å². The van der Waals surface area contributed by atoms with Crippen molar-refractivity contribution in [3.8, 4) is 10.4 Å². The molecular formula is C26H34N4O4S. The smallest absolute Gasteiger partial charge is 0.243 e. The number of aliphatic hydroxyl groups is 1. The zero-order chi connectivity index (χ0) is 25.5. The highest BCUT2D eigenvalue weighted by Gasteiger charge is 2.41. The minimum atomic E-state index is -0.736. The first-order chi connectivity index (χ1) is 16.9. The van der Waals surface area contributed by atoms with Gasteiger partial charge in [0.2, 0.25) is 11.8 Å². The molecule has 188 valence electrons. The summed E-state index contributed by atoms with van der Waals surface area (Å²) in [6, 6.07) is 9.00. The Morgan fingerprint density at radius 2 is 1.97 bits per heavy atom. The number of β-amino-alcohol motifs (C(OH)–C–C–N with tert-alkyl or cyclic N) is 1. The largest absolute Gasteiger partial charge is 0.391 e. The fraction of sp³-hybridized carbons (Fsp3) is 0.462. The van der Waals surface area contributed by atoms with E-state index in [0.717, 1.165) is 21.7 Å². The second kappa shape index (κ2) is 12.1. The van der Waals surface area contributed by atoms with Gasteiger partial charge in [0, 0.05) is 25.6 Å². The molecule has 2 N–H and O–H groups in total. The lowest BCUT2D eigenvalue weighted by molar-refractivity contribution is -0.140. The van der Waals surface area contributed by atoms with Crippen molar-refractivity contribution in [3.63, 3.8) is 0 Å². The Hall–Kier alpha value is -3.04. The van der Waals surface area contributed by atoms with Crippen LogP contribution in [-0.2, 0) is 16.1 Å². The number of amides is 2. The molecule has 2 amide bonds. The summed E-state index contributed by atoms with van der Waals surface area (Å²) in [6.07, 6.45) is -0.00638. The first kappa shape index (κ1) is 26.6. The third-order valence-electron chi connectivity index (χ3n) is 5.99. The maximum atomic E-state index is 13.2. The number of thiazole rings is 1. The predicted octanol–water partition coefficient (Wildman–Crippen LogP) is 4.21. The number of carbonyl (C=O) groups excluding carboxylic acids is 2. The van der Waals surface area contributed by atoms with Crippen molar-refractivity contribution >= 4 is 23.2 Å². The maximum Gasteiger partial charge on any atom is 0.243 e. The van der Waals surface area contributed by atoms with Gasteiger partial charge in [-0.05, 0) is 31.4 Å². The van der Waals surface area contributed by atoms with E-state index in [2.05, 4.69) is 15.5 Å². The fourth-order valence-electron chi connectivity index (χ4n) is 4.21. The lowest BCUT2D eigenvalue weighted by Gasteiger charge is -2.26. The second-order valence-electron chi connectivity index (χ2n) is 8.41. The molecule has 3 unspecified atom stereocenters. The van der Waals surface area contributed by atoms with Crippen LogP contribution in [0.1, 0.15) is 62.2 Å². The average Bonchev–Trinajstić information content (AvgIpc) is 3.59. The molecule has 2 aromatic heterocycles. The van der Waals surface area contributed by atoms with Gasteiger partial charge in [0.1, 0.15) is 11.8 Å². The van der Waals surface area contributed by atoms with Gasteiger partial charge in [0.05, 0.1) is 33.8 Å². The van der Waals surface area contributed by atoms with E-state index in [1.807, 2.05) is 57.5 Å². The van der Waals surface area contributed by atoms with Crippen LogP contribution in [0.3, 0.4) is 0 Å². The van der Waals surface area contributed by atoms with Crippen LogP contribution in [0.5, 0.6) is 0 Å².